The maximum atomic E-state index is 9.27. The van der Waals surface area contributed by atoms with Crippen molar-refractivity contribution in [2.45, 2.75) is 45.1 Å². The number of aliphatic hydroxyl groups is 1. The van der Waals surface area contributed by atoms with Crippen LogP contribution in [0, 0.1) is 11.8 Å². The minimum absolute atomic E-state index is 0.373. The van der Waals surface area contributed by atoms with E-state index in [0.29, 0.717) is 12.5 Å². The monoisotopic (exact) mass is 240 g/mol. The maximum Gasteiger partial charge on any atom is 0.0471 e. The molecule has 2 rings (SSSR count). The summed E-state index contributed by atoms with van der Waals surface area (Å²) in [4.78, 5) is 2.59. The number of aliphatic hydroxyl groups excluding tert-OH is 1. The third-order valence-electron chi connectivity index (χ3n) is 4.48. The van der Waals surface area contributed by atoms with E-state index >= 15 is 0 Å². The molecule has 3 nitrogen and oxygen atoms in total. The van der Waals surface area contributed by atoms with Crippen LogP contribution in [0.1, 0.15) is 39.0 Å². The lowest BCUT2D eigenvalue weighted by molar-refractivity contribution is 0.104. The third-order valence-corrected chi connectivity index (χ3v) is 4.48. The van der Waals surface area contributed by atoms with E-state index < -0.39 is 0 Å². The topological polar surface area (TPSA) is 35.5 Å². The summed E-state index contributed by atoms with van der Waals surface area (Å²) in [5, 5.41) is 12.9. The van der Waals surface area contributed by atoms with Crippen molar-refractivity contribution in [2.75, 3.05) is 32.8 Å². The van der Waals surface area contributed by atoms with Crippen molar-refractivity contribution in [1.82, 2.24) is 10.2 Å². The molecule has 0 radical (unpaired) electrons. The molecule has 1 saturated heterocycles. The summed E-state index contributed by atoms with van der Waals surface area (Å²) in [6, 6.07) is 0.745. The van der Waals surface area contributed by atoms with Gasteiger partial charge < -0.3 is 15.3 Å². The van der Waals surface area contributed by atoms with Crippen LogP contribution in [0.4, 0.5) is 0 Å². The molecule has 3 unspecified atom stereocenters. The number of hydrogen-bond donors (Lipinski definition) is 2. The van der Waals surface area contributed by atoms with E-state index in [1.165, 1.54) is 45.2 Å². The molecule has 0 amide bonds. The predicted molar refractivity (Wildman–Crippen MR) is 71.1 cm³/mol. The Kier molecular flexibility index (Phi) is 5.26. The number of rotatable bonds is 5. The Hall–Kier alpha value is -0.120. The molecule has 3 atom stereocenters. The van der Waals surface area contributed by atoms with E-state index in [2.05, 4.69) is 17.1 Å². The molecule has 3 heteroatoms. The zero-order valence-electron chi connectivity index (χ0n) is 11.2. The molecule has 0 aromatic heterocycles. The molecule has 1 aliphatic carbocycles. The number of hydrogen-bond acceptors (Lipinski definition) is 3. The normalized spacial score (nSPS) is 35.3. The van der Waals surface area contributed by atoms with Crippen molar-refractivity contribution < 1.29 is 5.11 Å². The summed E-state index contributed by atoms with van der Waals surface area (Å²) in [6.07, 6.45) is 6.62. The highest BCUT2D eigenvalue weighted by atomic mass is 16.3. The molecule has 2 N–H and O–H groups in total. The molecule has 0 aromatic rings. The van der Waals surface area contributed by atoms with Gasteiger partial charge in [-0.1, -0.05) is 13.3 Å². The highest BCUT2D eigenvalue weighted by Crippen LogP contribution is 2.28. The zero-order valence-corrected chi connectivity index (χ0v) is 11.2. The van der Waals surface area contributed by atoms with Gasteiger partial charge in [-0.2, -0.15) is 0 Å². The summed E-state index contributed by atoms with van der Waals surface area (Å²) < 4.78 is 0. The SMILES string of the molecule is CCNC1CCCC1CN1CCCC(CO)C1. The molecule has 17 heavy (non-hydrogen) atoms. The molecule has 1 heterocycles. The van der Waals surface area contributed by atoms with Gasteiger partial charge in [0.2, 0.25) is 0 Å². The van der Waals surface area contributed by atoms with Gasteiger partial charge in [0.1, 0.15) is 0 Å². The van der Waals surface area contributed by atoms with Crippen molar-refractivity contribution in [3.8, 4) is 0 Å². The van der Waals surface area contributed by atoms with E-state index in [-0.39, 0.29) is 0 Å². The lowest BCUT2D eigenvalue weighted by atomic mass is 9.96. The van der Waals surface area contributed by atoms with Crippen molar-refractivity contribution in [2.24, 2.45) is 11.8 Å². The van der Waals surface area contributed by atoms with Gasteiger partial charge in [-0.25, -0.2) is 0 Å². The Balaban J connectivity index is 1.79. The Labute approximate surface area is 106 Å². The van der Waals surface area contributed by atoms with Gasteiger partial charge in [0.15, 0.2) is 0 Å². The quantitative estimate of drug-likeness (QED) is 0.764. The smallest absolute Gasteiger partial charge is 0.0471 e. The second-order valence-electron chi connectivity index (χ2n) is 5.81. The Morgan fingerprint density at radius 3 is 2.88 bits per heavy atom. The second-order valence-corrected chi connectivity index (χ2v) is 5.81. The van der Waals surface area contributed by atoms with E-state index in [0.717, 1.165) is 25.0 Å². The molecule has 1 aliphatic heterocycles. The van der Waals surface area contributed by atoms with Crippen LogP contribution in [-0.2, 0) is 0 Å². The fourth-order valence-corrected chi connectivity index (χ4v) is 3.58. The van der Waals surface area contributed by atoms with E-state index in [4.69, 9.17) is 0 Å². The lowest BCUT2D eigenvalue weighted by Gasteiger charge is -2.35. The van der Waals surface area contributed by atoms with Gasteiger partial charge in [0.25, 0.3) is 0 Å². The third kappa shape index (κ3) is 3.67. The fourth-order valence-electron chi connectivity index (χ4n) is 3.58. The first-order valence-corrected chi connectivity index (χ1v) is 7.40. The summed E-state index contributed by atoms with van der Waals surface area (Å²) in [7, 11) is 0. The van der Waals surface area contributed by atoms with Gasteiger partial charge in [0, 0.05) is 25.7 Å². The van der Waals surface area contributed by atoms with Crippen molar-refractivity contribution in [3.05, 3.63) is 0 Å². The van der Waals surface area contributed by atoms with E-state index in [1.807, 2.05) is 0 Å². The Morgan fingerprint density at radius 2 is 2.12 bits per heavy atom. The van der Waals surface area contributed by atoms with Gasteiger partial charge in [-0.3, -0.25) is 0 Å². The number of nitrogens with one attached hydrogen (secondary N) is 1. The van der Waals surface area contributed by atoms with Crippen LogP contribution in [0.5, 0.6) is 0 Å². The van der Waals surface area contributed by atoms with Crippen LogP contribution in [0.15, 0.2) is 0 Å². The summed E-state index contributed by atoms with van der Waals surface area (Å²) >= 11 is 0. The molecular formula is C14H28N2O. The zero-order chi connectivity index (χ0) is 12.1. The van der Waals surface area contributed by atoms with E-state index in [9.17, 15) is 5.11 Å². The van der Waals surface area contributed by atoms with Crippen LogP contribution >= 0.6 is 0 Å². The van der Waals surface area contributed by atoms with Crippen LogP contribution in [0.25, 0.3) is 0 Å². The van der Waals surface area contributed by atoms with Gasteiger partial charge >= 0.3 is 0 Å². The van der Waals surface area contributed by atoms with Gasteiger partial charge in [0.05, 0.1) is 0 Å². The number of nitrogens with zero attached hydrogens (tertiary/aromatic N) is 1. The van der Waals surface area contributed by atoms with Gasteiger partial charge in [-0.05, 0) is 50.6 Å². The Bertz CT molecular complexity index is 222. The van der Waals surface area contributed by atoms with Crippen LogP contribution in [0.3, 0.4) is 0 Å². The van der Waals surface area contributed by atoms with Crippen LogP contribution < -0.4 is 5.32 Å². The highest BCUT2D eigenvalue weighted by Gasteiger charge is 2.29. The largest absolute Gasteiger partial charge is 0.396 e. The average Bonchev–Trinajstić information content (AvgIpc) is 2.78. The summed E-state index contributed by atoms with van der Waals surface area (Å²) in [6.45, 7) is 7.28. The molecule has 0 bridgehead atoms. The lowest BCUT2D eigenvalue weighted by Crippen LogP contribution is -2.43. The standard InChI is InChI=1S/C14H28N2O/c1-2-15-14-7-3-6-13(14)10-16-8-4-5-12(9-16)11-17/h12-15,17H,2-11H2,1H3. The molecule has 1 saturated carbocycles. The second kappa shape index (κ2) is 6.72. The Morgan fingerprint density at radius 1 is 1.24 bits per heavy atom. The predicted octanol–water partition coefficient (Wildman–Crippen LogP) is 1.47. The molecule has 0 spiro atoms. The minimum atomic E-state index is 0.373. The van der Waals surface area contributed by atoms with Crippen molar-refractivity contribution in [1.29, 1.82) is 0 Å². The summed E-state index contributed by atoms with van der Waals surface area (Å²) in [5.74, 6) is 1.37. The maximum absolute atomic E-state index is 9.27. The number of likely N-dealkylation sites (tertiary alicyclic amines) is 1. The van der Waals surface area contributed by atoms with Crippen LogP contribution in [0.2, 0.25) is 0 Å². The fraction of sp³-hybridized carbons (Fsp3) is 1.00. The van der Waals surface area contributed by atoms with Crippen molar-refractivity contribution in [3.63, 3.8) is 0 Å². The van der Waals surface area contributed by atoms with Crippen molar-refractivity contribution >= 4 is 0 Å². The molecule has 0 aromatic carbocycles. The van der Waals surface area contributed by atoms with E-state index in [1.54, 1.807) is 0 Å². The first kappa shape index (κ1) is 13.3. The molecule has 2 fully saturated rings. The minimum Gasteiger partial charge on any atom is -0.396 e. The van der Waals surface area contributed by atoms with Gasteiger partial charge in [-0.15, -0.1) is 0 Å². The first-order valence-electron chi connectivity index (χ1n) is 7.40. The average molecular weight is 240 g/mol. The highest BCUT2D eigenvalue weighted by molar-refractivity contribution is 4.86. The summed E-state index contributed by atoms with van der Waals surface area (Å²) in [5.41, 5.74) is 0. The number of piperidine rings is 1. The molecule has 2 aliphatic rings. The van der Waals surface area contributed by atoms with Crippen LogP contribution in [-0.4, -0.2) is 48.8 Å². The molecule has 100 valence electrons. The molecular weight excluding hydrogens is 212 g/mol. The first-order chi connectivity index (χ1) is 8.33.